The van der Waals surface area contributed by atoms with Gasteiger partial charge in [-0.2, -0.15) is 0 Å². The highest BCUT2D eigenvalue weighted by Crippen LogP contribution is 2.24. The van der Waals surface area contributed by atoms with Crippen LogP contribution in [0.15, 0.2) is 12.1 Å². The van der Waals surface area contributed by atoms with Crippen molar-refractivity contribution in [2.45, 2.75) is 53.1 Å². The van der Waals surface area contributed by atoms with Crippen molar-refractivity contribution in [3.8, 4) is 5.75 Å². The maximum Gasteiger partial charge on any atom is 0.122 e. The number of benzene rings is 1. The van der Waals surface area contributed by atoms with Crippen LogP contribution in [0.4, 0.5) is 0 Å². The Morgan fingerprint density at radius 2 is 1.71 bits per heavy atom. The Morgan fingerprint density at radius 3 is 2.24 bits per heavy atom. The molecule has 96 valence electrons. The minimum Gasteiger partial charge on any atom is -0.496 e. The minimum atomic E-state index is 0.464. The molecule has 1 aromatic carbocycles. The van der Waals surface area contributed by atoms with Crippen molar-refractivity contribution in [2.24, 2.45) is 0 Å². The lowest BCUT2D eigenvalue weighted by Gasteiger charge is -2.19. The molecular formula is C15H25NO. The molecule has 0 aliphatic heterocycles. The molecule has 1 N–H and O–H groups in total. The van der Waals surface area contributed by atoms with E-state index in [4.69, 9.17) is 4.74 Å². The van der Waals surface area contributed by atoms with Gasteiger partial charge in [-0.15, -0.1) is 0 Å². The molecule has 2 nitrogen and oxygen atoms in total. The molecule has 0 aromatic heterocycles. The van der Waals surface area contributed by atoms with Gasteiger partial charge in [0.05, 0.1) is 7.11 Å². The van der Waals surface area contributed by atoms with Crippen LogP contribution >= 0.6 is 0 Å². The van der Waals surface area contributed by atoms with Gasteiger partial charge in [0, 0.05) is 12.1 Å². The van der Waals surface area contributed by atoms with Gasteiger partial charge in [-0.25, -0.2) is 0 Å². The van der Waals surface area contributed by atoms with Gasteiger partial charge in [-0.1, -0.05) is 19.9 Å². The van der Waals surface area contributed by atoms with E-state index in [-0.39, 0.29) is 0 Å². The Bertz CT molecular complexity index is 371. The maximum absolute atomic E-state index is 5.46. The van der Waals surface area contributed by atoms with Gasteiger partial charge in [0.2, 0.25) is 0 Å². The molecule has 1 rings (SSSR count). The molecule has 0 radical (unpaired) electrons. The molecule has 0 bridgehead atoms. The van der Waals surface area contributed by atoms with Gasteiger partial charge >= 0.3 is 0 Å². The van der Waals surface area contributed by atoms with Gasteiger partial charge in [-0.05, 0) is 49.9 Å². The maximum atomic E-state index is 5.46. The normalized spacial score (nSPS) is 12.9. The number of rotatable bonds is 5. The van der Waals surface area contributed by atoms with Crippen molar-refractivity contribution in [3.63, 3.8) is 0 Å². The highest BCUT2D eigenvalue weighted by molar-refractivity contribution is 5.42. The standard InChI is InChI=1S/C15H25NO/c1-10(2)16-13(5)9-14-7-11(3)12(4)8-15(14)17-6/h7-8,10,13,16H,9H2,1-6H3. The van der Waals surface area contributed by atoms with E-state index >= 15 is 0 Å². The topological polar surface area (TPSA) is 21.3 Å². The summed E-state index contributed by atoms with van der Waals surface area (Å²) in [6.45, 7) is 10.8. The van der Waals surface area contributed by atoms with Crippen LogP contribution in [0, 0.1) is 13.8 Å². The number of aryl methyl sites for hydroxylation is 2. The smallest absolute Gasteiger partial charge is 0.122 e. The summed E-state index contributed by atoms with van der Waals surface area (Å²) in [7, 11) is 1.74. The third kappa shape index (κ3) is 4.04. The van der Waals surface area contributed by atoms with Crippen molar-refractivity contribution < 1.29 is 4.74 Å². The molecule has 0 saturated carbocycles. The Kier molecular flexibility index (Phi) is 5.01. The van der Waals surface area contributed by atoms with E-state index in [1.165, 1.54) is 16.7 Å². The van der Waals surface area contributed by atoms with Crippen LogP contribution in [0.1, 0.15) is 37.5 Å². The fourth-order valence-corrected chi connectivity index (χ4v) is 2.16. The van der Waals surface area contributed by atoms with Crippen molar-refractivity contribution in [3.05, 3.63) is 28.8 Å². The first-order valence-electron chi connectivity index (χ1n) is 6.34. The van der Waals surface area contributed by atoms with Crippen LogP contribution in [0.5, 0.6) is 5.75 Å². The molecule has 0 aliphatic carbocycles. The van der Waals surface area contributed by atoms with Gasteiger partial charge in [0.1, 0.15) is 5.75 Å². The Balaban J connectivity index is 2.86. The van der Waals surface area contributed by atoms with Crippen molar-refractivity contribution in [1.82, 2.24) is 5.32 Å². The molecule has 1 unspecified atom stereocenters. The van der Waals surface area contributed by atoms with Gasteiger partial charge in [0.25, 0.3) is 0 Å². The highest BCUT2D eigenvalue weighted by atomic mass is 16.5. The van der Waals surface area contributed by atoms with E-state index < -0.39 is 0 Å². The molecule has 0 saturated heterocycles. The molecule has 17 heavy (non-hydrogen) atoms. The van der Waals surface area contributed by atoms with Gasteiger partial charge in [-0.3, -0.25) is 0 Å². The second-order valence-electron chi connectivity index (χ2n) is 5.17. The average molecular weight is 235 g/mol. The third-order valence-corrected chi connectivity index (χ3v) is 3.04. The van der Waals surface area contributed by atoms with E-state index in [1.807, 2.05) is 0 Å². The summed E-state index contributed by atoms with van der Waals surface area (Å²) >= 11 is 0. The van der Waals surface area contributed by atoms with Crippen LogP contribution in [0.2, 0.25) is 0 Å². The Hall–Kier alpha value is -1.02. The predicted octanol–water partition coefficient (Wildman–Crippen LogP) is 3.24. The quantitative estimate of drug-likeness (QED) is 0.846. The summed E-state index contributed by atoms with van der Waals surface area (Å²) in [5, 5.41) is 3.52. The first-order valence-corrected chi connectivity index (χ1v) is 6.34. The number of hydrogen-bond acceptors (Lipinski definition) is 2. The van der Waals surface area contributed by atoms with Gasteiger partial charge < -0.3 is 10.1 Å². The van der Waals surface area contributed by atoms with Gasteiger partial charge in [0.15, 0.2) is 0 Å². The predicted molar refractivity (Wildman–Crippen MR) is 73.9 cm³/mol. The fourth-order valence-electron chi connectivity index (χ4n) is 2.16. The van der Waals surface area contributed by atoms with Crippen molar-refractivity contribution in [2.75, 3.05) is 7.11 Å². The summed E-state index contributed by atoms with van der Waals surface area (Å²) < 4.78 is 5.46. The lowest BCUT2D eigenvalue weighted by molar-refractivity contribution is 0.403. The Morgan fingerprint density at radius 1 is 1.12 bits per heavy atom. The van der Waals surface area contributed by atoms with E-state index in [2.05, 4.69) is 52.1 Å². The third-order valence-electron chi connectivity index (χ3n) is 3.04. The first-order chi connectivity index (χ1) is 7.93. The zero-order valence-corrected chi connectivity index (χ0v) is 11.9. The van der Waals surface area contributed by atoms with Crippen molar-refractivity contribution in [1.29, 1.82) is 0 Å². The molecule has 1 aromatic rings. The molecule has 0 fully saturated rings. The zero-order valence-electron chi connectivity index (χ0n) is 11.9. The summed E-state index contributed by atoms with van der Waals surface area (Å²) in [5.74, 6) is 1.01. The monoisotopic (exact) mass is 235 g/mol. The summed E-state index contributed by atoms with van der Waals surface area (Å²) in [6, 6.07) is 5.35. The largest absolute Gasteiger partial charge is 0.496 e. The first kappa shape index (κ1) is 14.0. The van der Waals surface area contributed by atoms with Crippen LogP contribution in [-0.2, 0) is 6.42 Å². The fraction of sp³-hybridized carbons (Fsp3) is 0.600. The molecule has 0 aliphatic rings. The average Bonchev–Trinajstić information content (AvgIpc) is 2.21. The van der Waals surface area contributed by atoms with Crippen molar-refractivity contribution >= 4 is 0 Å². The van der Waals surface area contributed by atoms with Crippen LogP contribution in [0.3, 0.4) is 0 Å². The SMILES string of the molecule is COc1cc(C)c(C)cc1CC(C)NC(C)C. The second kappa shape index (κ2) is 6.06. The number of ether oxygens (including phenoxy) is 1. The minimum absolute atomic E-state index is 0.464. The zero-order chi connectivity index (χ0) is 13.0. The van der Waals surface area contributed by atoms with Crippen LogP contribution in [-0.4, -0.2) is 19.2 Å². The molecule has 0 amide bonds. The second-order valence-corrected chi connectivity index (χ2v) is 5.17. The van der Waals surface area contributed by atoms with E-state index in [9.17, 15) is 0 Å². The Labute approximate surface area is 105 Å². The van der Waals surface area contributed by atoms with E-state index in [0.717, 1.165) is 12.2 Å². The number of methoxy groups -OCH3 is 1. The number of hydrogen-bond donors (Lipinski definition) is 1. The van der Waals surface area contributed by atoms with Crippen LogP contribution < -0.4 is 10.1 Å². The van der Waals surface area contributed by atoms with Crippen LogP contribution in [0.25, 0.3) is 0 Å². The molecule has 2 heteroatoms. The van der Waals surface area contributed by atoms with E-state index in [0.29, 0.717) is 12.1 Å². The molecule has 1 atom stereocenters. The molecular weight excluding hydrogens is 210 g/mol. The summed E-state index contributed by atoms with van der Waals surface area (Å²) in [6.07, 6.45) is 1.00. The van der Waals surface area contributed by atoms with E-state index in [1.54, 1.807) is 7.11 Å². The molecule has 0 heterocycles. The highest BCUT2D eigenvalue weighted by Gasteiger charge is 2.10. The summed E-state index contributed by atoms with van der Waals surface area (Å²) in [4.78, 5) is 0. The lowest BCUT2D eigenvalue weighted by atomic mass is 10.00. The lowest BCUT2D eigenvalue weighted by Crippen LogP contribution is -2.33. The summed E-state index contributed by atoms with van der Waals surface area (Å²) in [5.41, 5.74) is 3.91. The number of nitrogens with one attached hydrogen (secondary N) is 1. The molecule has 0 spiro atoms.